The van der Waals surface area contributed by atoms with Gasteiger partial charge in [0.2, 0.25) is 0 Å². The minimum Gasteiger partial charge on any atom is -0.478 e. The summed E-state index contributed by atoms with van der Waals surface area (Å²) in [6.45, 7) is 0.314. The fourth-order valence-electron chi connectivity index (χ4n) is 0.693. The molecule has 0 saturated carbocycles. The van der Waals surface area contributed by atoms with E-state index < -0.39 is 5.97 Å². The lowest BCUT2D eigenvalue weighted by atomic mass is 10.5. The van der Waals surface area contributed by atoms with Crippen LogP contribution in [0.4, 0.5) is 0 Å². The van der Waals surface area contributed by atoms with Crippen molar-refractivity contribution in [2.45, 2.75) is 6.54 Å². The SMILES string of the molecule is O=C(O)C=CCn1ccsc1=O. The van der Waals surface area contributed by atoms with Crippen LogP contribution in [0.5, 0.6) is 0 Å². The van der Waals surface area contributed by atoms with Gasteiger partial charge in [0.15, 0.2) is 0 Å². The van der Waals surface area contributed by atoms with E-state index >= 15 is 0 Å². The van der Waals surface area contributed by atoms with E-state index in [1.54, 1.807) is 11.6 Å². The molecule has 4 nitrogen and oxygen atoms in total. The van der Waals surface area contributed by atoms with Crippen LogP contribution in [0.3, 0.4) is 0 Å². The number of thiazole rings is 1. The zero-order chi connectivity index (χ0) is 8.97. The van der Waals surface area contributed by atoms with Gasteiger partial charge in [-0.05, 0) is 0 Å². The molecule has 64 valence electrons. The molecule has 0 aromatic carbocycles. The summed E-state index contributed by atoms with van der Waals surface area (Å²) in [4.78, 5) is 20.9. The fourth-order valence-corrected chi connectivity index (χ4v) is 1.29. The van der Waals surface area contributed by atoms with Crippen molar-refractivity contribution >= 4 is 17.3 Å². The molecule has 1 rings (SSSR count). The second kappa shape index (κ2) is 3.87. The van der Waals surface area contributed by atoms with Gasteiger partial charge in [-0.15, -0.1) is 0 Å². The van der Waals surface area contributed by atoms with Gasteiger partial charge >= 0.3 is 10.8 Å². The van der Waals surface area contributed by atoms with E-state index in [2.05, 4.69) is 0 Å². The smallest absolute Gasteiger partial charge is 0.328 e. The highest BCUT2D eigenvalue weighted by Crippen LogP contribution is 1.89. The molecule has 0 bridgehead atoms. The topological polar surface area (TPSA) is 59.3 Å². The fraction of sp³-hybridized carbons (Fsp3) is 0.143. The molecule has 12 heavy (non-hydrogen) atoms. The molecule has 5 heteroatoms. The van der Waals surface area contributed by atoms with Crippen LogP contribution in [0.1, 0.15) is 0 Å². The van der Waals surface area contributed by atoms with Crippen LogP contribution in [-0.2, 0) is 11.3 Å². The van der Waals surface area contributed by atoms with Crippen molar-refractivity contribution in [2.24, 2.45) is 0 Å². The van der Waals surface area contributed by atoms with Crippen molar-refractivity contribution in [3.05, 3.63) is 33.4 Å². The minimum atomic E-state index is -1.00. The molecule has 0 spiro atoms. The predicted molar refractivity (Wildman–Crippen MR) is 45.4 cm³/mol. The average Bonchev–Trinajstić information content (AvgIpc) is 2.36. The van der Waals surface area contributed by atoms with E-state index in [0.717, 1.165) is 17.4 Å². The number of rotatable bonds is 3. The van der Waals surface area contributed by atoms with Gasteiger partial charge in [0.05, 0.1) is 0 Å². The lowest BCUT2D eigenvalue weighted by Crippen LogP contribution is -2.10. The number of carbonyl (C=O) groups is 1. The van der Waals surface area contributed by atoms with Gasteiger partial charge in [-0.1, -0.05) is 17.4 Å². The Balaban J connectivity index is 2.60. The molecular formula is C7H7NO3S. The first-order chi connectivity index (χ1) is 5.70. The summed E-state index contributed by atoms with van der Waals surface area (Å²) in [6, 6.07) is 0. The summed E-state index contributed by atoms with van der Waals surface area (Å²) >= 11 is 1.09. The van der Waals surface area contributed by atoms with Crippen LogP contribution in [0.2, 0.25) is 0 Å². The van der Waals surface area contributed by atoms with Crippen LogP contribution in [0.15, 0.2) is 28.5 Å². The quantitative estimate of drug-likeness (QED) is 0.699. The second-order valence-electron chi connectivity index (χ2n) is 2.06. The summed E-state index contributed by atoms with van der Waals surface area (Å²) in [7, 11) is 0. The summed E-state index contributed by atoms with van der Waals surface area (Å²) in [5.74, 6) is -1.00. The number of carboxylic acids is 1. The molecule has 0 saturated heterocycles. The Morgan fingerprint density at radius 1 is 1.75 bits per heavy atom. The van der Waals surface area contributed by atoms with Crippen molar-refractivity contribution in [3.63, 3.8) is 0 Å². The van der Waals surface area contributed by atoms with E-state index in [1.807, 2.05) is 0 Å². The Hall–Kier alpha value is -1.36. The van der Waals surface area contributed by atoms with Crippen molar-refractivity contribution < 1.29 is 9.90 Å². The molecule has 0 aliphatic carbocycles. The number of hydrogen-bond donors (Lipinski definition) is 1. The van der Waals surface area contributed by atoms with Gasteiger partial charge in [-0.3, -0.25) is 4.79 Å². The molecule has 0 amide bonds. The van der Waals surface area contributed by atoms with Gasteiger partial charge in [-0.25, -0.2) is 4.79 Å². The third kappa shape index (κ3) is 2.35. The maximum atomic E-state index is 10.9. The number of aromatic nitrogens is 1. The van der Waals surface area contributed by atoms with Crippen LogP contribution >= 0.6 is 11.3 Å². The molecule has 0 atom stereocenters. The number of allylic oxidation sites excluding steroid dienone is 1. The molecule has 0 aliphatic heterocycles. The van der Waals surface area contributed by atoms with Crippen LogP contribution in [0.25, 0.3) is 0 Å². The number of aliphatic carboxylic acids is 1. The largest absolute Gasteiger partial charge is 0.478 e. The summed E-state index contributed by atoms with van der Waals surface area (Å²) in [5.41, 5.74) is 0. The summed E-state index contributed by atoms with van der Waals surface area (Å²) in [6.07, 6.45) is 4.07. The van der Waals surface area contributed by atoms with Crippen molar-refractivity contribution in [2.75, 3.05) is 0 Å². The predicted octanol–water partition coefficient (Wildman–Crippen LogP) is 0.551. The number of carboxylic acid groups (broad SMARTS) is 1. The van der Waals surface area contributed by atoms with E-state index in [4.69, 9.17) is 5.11 Å². The highest BCUT2D eigenvalue weighted by Gasteiger charge is 1.92. The third-order valence-electron chi connectivity index (χ3n) is 1.21. The van der Waals surface area contributed by atoms with Crippen LogP contribution in [-0.4, -0.2) is 15.6 Å². The zero-order valence-electron chi connectivity index (χ0n) is 6.14. The Kier molecular flexibility index (Phi) is 2.82. The normalized spacial score (nSPS) is 10.7. The lowest BCUT2D eigenvalue weighted by Gasteiger charge is -1.91. The lowest BCUT2D eigenvalue weighted by molar-refractivity contribution is -0.131. The van der Waals surface area contributed by atoms with Crippen LogP contribution < -0.4 is 4.87 Å². The first kappa shape index (κ1) is 8.73. The molecule has 0 unspecified atom stereocenters. The van der Waals surface area contributed by atoms with Crippen LogP contribution in [0, 0.1) is 0 Å². The molecule has 1 aromatic rings. The molecule has 0 fully saturated rings. The summed E-state index contributed by atoms with van der Waals surface area (Å²) in [5, 5.41) is 9.90. The van der Waals surface area contributed by atoms with Gasteiger partial charge in [-0.2, -0.15) is 0 Å². The Morgan fingerprint density at radius 2 is 2.50 bits per heavy atom. The van der Waals surface area contributed by atoms with Crippen molar-refractivity contribution in [3.8, 4) is 0 Å². The number of nitrogens with zero attached hydrogens (tertiary/aromatic N) is 1. The molecule has 0 aliphatic rings. The molecular weight excluding hydrogens is 178 g/mol. The van der Waals surface area contributed by atoms with Gasteiger partial charge < -0.3 is 9.67 Å². The maximum Gasteiger partial charge on any atom is 0.328 e. The first-order valence-corrected chi connectivity index (χ1v) is 4.11. The molecule has 1 heterocycles. The van der Waals surface area contributed by atoms with E-state index in [-0.39, 0.29) is 4.87 Å². The van der Waals surface area contributed by atoms with E-state index in [1.165, 1.54) is 10.6 Å². The van der Waals surface area contributed by atoms with Gasteiger partial charge in [0.1, 0.15) is 0 Å². The number of hydrogen-bond acceptors (Lipinski definition) is 3. The van der Waals surface area contributed by atoms with Gasteiger partial charge in [0.25, 0.3) is 0 Å². The van der Waals surface area contributed by atoms with Crippen molar-refractivity contribution in [1.82, 2.24) is 4.57 Å². The third-order valence-corrected chi connectivity index (χ3v) is 1.90. The Labute approximate surface area is 72.4 Å². The first-order valence-electron chi connectivity index (χ1n) is 3.23. The molecule has 1 aromatic heterocycles. The van der Waals surface area contributed by atoms with Crippen molar-refractivity contribution in [1.29, 1.82) is 0 Å². The standard InChI is InChI=1S/C7H7NO3S/c9-6(10)2-1-3-8-4-5-12-7(8)11/h1-2,4-5H,3H2,(H,9,10). The second-order valence-corrected chi connectivity index (χ2v) is 2.92. The minimum absolute atomic E-state index is 0.0787. The average molecular weight is 185 g/mol. The monoisotopic (exact) mass is 185 g/mol. The highest BCUT2D eigenvalue weighted by atomic mass is 32.1. The summed E-state index contributed by atoms with van der Waals surface area (Å²) < 4.78 is 1.43. The van der Waals surface area contributed by atoms with Gasteiger partial charge in [0, 0.05) is 24.2 Å². The maximum absolute atomic E-state index is 10.9. The molecule has 0 radical (unpaired) electrons. The van der Waals surface area contributed by atoms with E-state index in [0.29, 0.717) is 6.54 Å². The highest BCUT2D eigenvalue weighted by molar-refractivity contribution is 7.07. The Morgan fingerprint density at radius 3 is 3.00 bits per heavy atom. The zero-order valence-corrected chi connectivity index (χ0v) is 6.95. The molecule has 1 N–H and O–H groups in total. The van der Waals surface area contributed by atoms with E-state index in [9.17, 15) is 9.59 Å². The Bertz CT molecular complexity index is 350.